The number of methoxy groups -OCH3 is 2. The lowest BCUT2D eigenvalue weighted by atomic mass is 10.1. The quantitative estimate of drug-likeness (QED) is 0.174. The van der Waals surface area contributed by atoms with Crippen molar-refractivity contribution in [2.45, 2.75) is 12.8 Å². The van der Waals surface area contributed by atoms with E-state index in [-0.39, 0.29) is 11.6 Å². The summed E-state index contributed by atoms with van der Waals surface area (Å²) < 4.78 is 40.3. The van der Waals surface area contributed by atoms with Crippen molar-refractivity contribution in [1.82, 2.24) is 39.3 Å². The number of H-pyrrole nitrogens is 1. The minimum absolute atomic E-state index is 0.282. The van der Waals surface area contributed by atoms with Crippen molar-refractivity contribution >= 4 is 37.7 Å². The van der Waals surface area contributed by atoms with E-state index in [0.29, 0.717) is 27.7 Å². The van der Waals surface area contributed by atoms with Gasteiger partial charge in [-0.3, -0.25) is 4.57 Å². The van der Waals surface area contributed by atoms with E-state index in [1.54, 1.807) is 51.1 Å². The summed E-state index contributed by atoms with van der Waals surface area (Å²) in [5.74, 6) is 1.01. The van der Waals surface area contributed by atoms with Gasteiger partial charge in [0, 0.05) is 73.2 Å². The molecule has 4 heterocycles. The molecule has 4 aromatic heterocycles. The summed E-state index contributed by atoms with van der Waals surface area (Å²) in [4.78, 5) is 23.4. The maximum atomic E-state index is 14.0. The average Bonchev–Trinajstić information content (AvgIpc) is 3.64. The number of aromatic nitrogens is 6. The van der Waals surface area contributed by atoms with Gasteiger partial charge in [0.1, 0.15) is 23.1 Å². The first-order chi connectivity index (χ1) is 22.6. The number of likely N-dealkylation sites (N-methyl/N-ethyl adjacent to an activating group) is 2. The fourth-order valence-electron chi connectivity index (χ4n) is 4.89. The maximum Gasteiger partial charge on any atom is 0.234 e. The van der Waals surface area contributed by atoms with E-state index in [2.05, 4.69) is 50.6 Å². The Labute approximate surface area is 281 Å². The average molecular weight is 710 g/mol. The molecule has 0 aliphatic carbocycles. The van der Waals surface area contributed by atoms with Gasteiger partial charge in [-0.05, 0) is 92.4 Å². The molecule has 0 fully saturated rings. The van der Waals surface area contributed by atoms with Crippen LogP contribution >= 0.6 is 15.9 Å². The van der Waals surface area contributed by atoms with Gasteiger partial charge in [0.05, 0.1) is 25.3 Å². The number of halogens is 3. The van der Waals surface area contributed by atoms with Crippen molar-refractivity contribution < 1.29 is 18.3 Å². The Morgan fingerprint density at radius 2 is 1.28 bits per heavy atom. The first-order valence-electron chi connectivity index (χ1n) is 14.8. The molecule has 10 nitrogen and oxygen atoms in total. The lowest BCUT2D eigenvalue weighted by molar-refractivity contribution is 0.410. The maximum absolute atomic E-state index is 14.0. The molecule has 1 N–H and O–H groups in total. The third-order valence-corrected chi connectivity index (χ3v) is 7.51. The second-order valence-corrected chi connectivity index (χ2v) is 11.8. The van der Waals surface area contributed by atoms with Crippen molar-refractivity contribution in [3.05, 3.63) is 101 Å². The minimum Gasteiger partial charge on any atom is -0.496 e. The van der Waals surface area contributed by atoms with E-state index >= 15 is 0 Å². The zero-order chi connectivity index (χ0) is 33.9. The number of ether oxygens (including phenoxy) is 2. The highest BCUT2D eigenvalue weighted by Crippen LogP contribution is 2.33. The largest absolute Gasteiger partial charge is 0.496 e. The lowest BCUT2D eigenvalue weighted by Gasteiger charge is -2.09. The Hall–Kier alpha value is -4.46. The predicted octanol–water partition coefficient (Wildman–Crippen LogP) is 6.33. The number of hydrogen-bond donors (Lipinski definition) is 1. The molecule has 13 heteroatoms. The number of rotatable bonds is 9. The van der Waals surface area contributed by atoms with E-state index in [4.69, 9.17) is 9.47 Å². The van der Waals surface area contributed by atoms with Gasteiger partial charge in [-0.25, -0.2) is 28.7 Å². The van der Waals surface area contributed by atoms with Crippen molar-refractivity contribution in [2.24, 2.45) is 0 Å². The van der Waals surface area contributed by atoms with E-state index in [1.165, 1.54) is 24.3 Å². The summed E-state index contributed by atoms with van der Waals surface area (Å²) in [5, 5.41) is 1.89. The van der Waals surface area contributed by atoms with Crippen LogP contribution in [0.2, 0.25) is 0 Å². The van der Waals surface area contributed by atoms with Gasteiger partial charge < -0.3 is 24.3 Å². The number of nitrogens with zero attached hydrogens (tertiary/aromatic N) is 7. The molecule has 0 amide bonds. The molecule has 6 aromatic rings. The van der Waals surface area contributed by atoms with Gasteiger partial charge in [-0.1, -0.05) is 0 Å². The van der Waals surface area contributed by atoms with E-state index in [9.17, 15) is 8.78 Å². The molecule has 0 saturated heterocycles. The molecular formula is C34H39BrF2N8O2. The SMILES string of the molecule is Brc1ncccn1.COc1cc(F)cc2[nH]cc(CCN(C)C)c12.COc1cc(F)cc2c1c(CCN(C)C)cn2-c1ncccn1. The van der Waals surface area contributed by atoms with Crippen LogP contribution in [0.4, 0.5) is 8.78 Å². The van der Waals surface area contributed by atoms with Crippen LogP contribution in [0.3, 0.4) is 0 Å². The normalized spacial score (nSPS) is 11.0. The van der Waals surface area contributed by atoms with Crippen molar-refractivity contribution in [2.75, 3.05) is 55.5 Å². The first kappa shape index (κ1) is 35.4. The Kier molecular flexibility index (Phi) is 12.7. The van der Waals surface area contributed by atoms with Gasteiger partial charge in [-0.2, -0.15) is 0 Å². The molecule has 0 atom stereocenters. The molecule has 248 valence electrons. The van der Waals surface area contributed by atoms with Crippen LogP contribution in [0.1, 0.15) is 11.1 Å². The summed E-state index contributed by atoms with van der Waals surface area (Å²) in [6.07, 6.45) is 12.3. The van der Waals surface area contributed by atoms with Crippen LogP contribution < -0.4 is 9.47 Å². The molecule has 0 spiro atoms. The molecule has 47 heavy (non-hydrogen) atoms. The standard InChI is InChI=1S/C17H19FN4O.C13H17FN2O.C4H3BrN2/c1-21(2)8-5-12-11-22(17-19-6-4-7-20-17)14-9-13(18)10-15(23-3)16(12)14;1-16(2)5-4-9-8-15-11-6-10(14)7-12(17-3)13(9)11;5-4-6-2-1-3-7-4/h4,6-7,9-11H,5,8H2,1-3H3;6-8,15H,4-5H2,1-3H3;1-3H. The highest BCUT2D eigenvalue weighted by atomic mass is 79.9. The number of hydrogen-bond acceptors (Lipinski definition) is 8. The number of nitrogens with one attached hydrogen (secondary N) is 1. The third-order valence-electron chi connectivity index (χ3n) is 7.10. The first-order valence-corrected chi connectivity index (χ1v) is 15.6. The molecule has 0 unspecified atom stereocenters. The summed E-state index contributed by atoms with van der Waals surface area (Å²) in [5.41, 5.74) is 3.74. The van der Waals surface area contributed by atoms with Crippen molar-refractivity contribution in [3.63, 3.8) is 0 Å². The van der Waals surface area contributed by atoms with Crippen LogP contribution in [-0.4, -0.2) is 94.8 Å². The number of benzene rings is 2. The summed E-state index contributed by atoms with van der Waals surface area (Å²) in [7, 11) is 11.2. The molecule has 0 bridgehead atoms. The van der Waals surface area contributed by atoms with E-state index in [0.717, 1.165) is 53.3 Å². The van der Waals surface area contributed by atoms with Gasteiger partial charge in [-0.15, -0.1) is 0 Å². The van der Waals surface area contributed by atoms with Gasteiger partial charge in [0.25, 0.3) is 0 Å². The van der Waals surface area contributed by atoms with Crippen LogP contribution in [0.25, 0.3) is 27.8 Å². The lowest BCUT2D eigenvalue weighted by Crippen LogP contribution is -2.14. The predicted molar refractivity (Wildman–Crippen MR) is 184 cm³/mol. The molecular weight excluding hydrogens is 670 g/mol. The Bertz CT molecular complexity index is 1870. The van der Waals surface area contributed by atoms with E-state index < -0.39 is 0 Å². The molecule has 6 rings (SSSR count). The fourth-order valence-corrected chi connectivity index (χ4v) is 5.13. The zero-order valence-electron chi connectivity index (χ0n) is 27.3. The number of aromatic amines is 1. The van der Waals surface area contributed by atoms with Crippen molar-refractivity contribution in [3.8, 4) is 17.4 Å². The molecule has 0 saturated carbocycles. The summed E-state index contributed by atoms with van der Waals surface area (Å²) in [6, 6.07) is 9.35. The van der Waals surface area contributed by atoms with Gasteiger partial charge in [0.2, 0.25) is 5.95 Å². The van der Waals surface area contributed by atoms with Gasteiger partial charge in [0.15, 0.2) is 4.73 Å². The van der Waals surface area contributed by atoms with Crippen LogP contribution in [0.15, 0.2) is 78.3 Å². The highest BCUT2D eigenvalue weighted by Gasteiger charge is 2.17. The van der Waals surface area contributed by atoms with Crippen LogP contribution in [0, 0.1) is 11.6 Å². The minimum atomic E-state index is -0.344. The molecule has 0 radical (unpaired) electrons. The summed E-state index contributed by atoms with van der Waals surface area (Å²) in [6.45, 7) is 1.84. The second-order valence-electron chi connectivity index (χ2n) is 11.0. The Morgan fingerprint density at radius 3 is 1.81 bits per heavy atom. The molecule has 0 aliphatic heterocycles. The smallest absolute Gasteiger partial charge is 0.234 e. The van der Waals surface area contributed by atoms with E-state index in [1.807, 2.05) is 45.2 Å². The zero-order valence-corrected chi connectivity index (χ0v) is 28.9. The van der Waals surface area contributed by atoms with Crippen molar-refractivity contribution in [1.29, 1.82) is 0 Å². The molecule has 0 aliphatic rings. The van der Waals surface area contributed by atoms with Gasteiger partial charge >= 0.3 is 0 Å². The Balaban J connectivity index is 0.000000182. The molecule has 2 aromatic carbocycles. The fraction of sp³-hybridized carbons (Fsp3) is 0.294. The Morgan fingerprint density at radius 1 is 0.745 bits per heavy atom. The van der Waals surface area contributed by atoms with Crippen LogP contribution in [-0.2, 0) is 12.8 Å². The van der Waals surface area contributed by atoms with Crippen LogP contribution in [0.5, 0.6) is 11.5 Å². The summed E-state index contributed by atoms with van der Waals surface area (Å²) >= 11 is 3.09. The monoisotopic (exact) mass is 708 g/mol. The second kappa shape index (κ2) is 16.9. The highest BCUT2D eigenvalue weighted by molar-refractivity contribution is 9.10. The third kappa shape index (κ3) is 9.53. The topological polar surface area (TPSA) is 97.2 Å². The number of fused-ring (bicyclic) bond motifs is 2.